The smallest absolute Gasteiger partial charge is 0.462 e. The molecule has 0 radical (unpaired) electrons. The molecule has 0 aliphatic rings. The normalized spacial score (nSPS) is 12.6. The number of halogens is 6. The maximum atomic E-state index is 14.1. The summed E-state index contributed by atoms with van der Waals surface area (Å²) < 4.78 is 100. The summed E-state index contributed by atoms with van der Waals surface area (Å²) in [6, 6.07) is 13.2. The Morgan fingerprint density at radius 2 is 1.65 bits per heavy atom. The second-order valence-corrected chi connectivity index (χ2v) is 11.3. The van der Waals surface area contributed by atoms with Gasteiger partial charge in [-0.2, -0.15) is 17.6 Å². The third-order valence-corrected chi connectivity index (χ3v) is 7.29. The molecule has 0 bridgehead atoms. The van der Waals surface area contributed by atoms with Crippen molar-refractivity contribution in [2.45, 2.75) is 82.7 Å². The van der Waals surface area contributed by atoms with Gasteiger partial charge in [0.1, 0.15) is 11.3 Å². The Morgan fingerprint density at radius 1 is 0.953 bits per heavy atom. The number of hydrogen-bond acceptors (Lipinski definition) is 6. The molecule has 0 unspecified atom stereocenters. The van der Waals surface area contributed by atoms with Gasteiger partial charge in [-0.1, -0.05) is 44.5 Å². The fourth-order valence-corrected chi connectivity index (χ4v) is 5.04. The number of hydrogen-bond donors (Lipinski definition) is 0. The number of carbonyl (C=O) groups excluding carboxylic acids is 1. The van der Waals surface area contributed by atoms with Crippen molar-refractivity contribution in [1.29, 1.82) is 0 Å². The summed E-state index contributed by atoms with van der Waals surface area (Å²) in [4.78, 5) is 11.7. The van der Waals surface area contributed by atoms with Crippen LogP contribution in [0.4, 0.5) is 26.3 Å². The first-order valence-electron chi connectivity index (χ1n) is 13.7. The van der Waals surface area contributed by atoms with Gasteiger partial charge in [-0.05, 0) is 62.1 Å². The molecule has 0 saturated carbocycles. The molecule has 0 aliphatic carbocycles. The first-order chi connectivity index (χ1) is 20.1. The zero-order valence-electron chi connectivity index (χ0n) is 24.1. The summed E-state index contributed by atoms with van der Waals surface area (Å²) in [5, 5.41) is 0.798. The third-order valence-electron chi connectivity index (χ3n) is 6.29. The van der Waals surface area contributed by atoms with Crippen LogP contribution in [-0.2, 0) is 25.4 Å². The van der Waals surface area contributed by atoms with E-state index in [1.807, 2.05) is 19.1 Å². The Bertz CT molecular complexity index is 1400. The summed E-state index contributed by atoms with van der Waals surface area (Å²) in [5.41, 5.74) is 3.67. The zero-order chi connectivity index (χ0) is 31.8. The molecule has 0 N–H and O–H groups in total. The monoisotopic (exact) mass is 632 g/mol. The van der Waals surface area contributed by atoms with E-state index in [-0.39, 0.29) is 11.3 Å². The topological polar surface area (TPSA) is 57.9 Å². The number of unbranched alkanes of at least 4 members (excludes halogenated alkanes) is 2. The van der Waals surface area contributed by atoms with Crippen LogP contribution in [0.1, 0.15) is 57.1 Å². The molecule has 43 heavy (non-hydrogen) atoms. The molecular formula is C31H34F6O5S. The minimum absolute atomic E-state index is 0.0991. The number of thioether (sulfide) groups is 1. The number of benzene rings is 2. The highest BCUT2D eigenvalue weighted by Crippen LogP contribution is 2.38. The van der Waals surface area contributed by atoms with Gasteiger partial charge in [0.15, 0.2) is 0 Å². The highest BCUT2D eigenvalue weighted by atomic mass is 32.2. The Morgan fingerprint density at radius 3 is 2.30 bits per heavy atom. The van der Waals surface area contributed by atoms with Crippen molar-refractivity contribution < 1.29 is 49.8 Å². The van der Waals surface area contributed by atoms with Crippen LogP contribution < -0.4 is 0 Å². The molecule has 236 valence electrons. The number of fused-ring (bicyclic) bond motifs is 1. The minimum Gasteiger partial charge on any atom is -0.462 e. The molecule has 12 heteroatoms. The van der Waals surface area contributed by atoms with Gasteiger partial charge in [-0.15, -0.1) is 20.5 Å². The van der Waals surface area contributed by atoms with E-state index in [4.69, 9.17) is 4.42 Å². The van der Waals surface area contributed by atoms with Crippen LogP contribution in [-0.4, -0.2) is 36.8 Å². The van der Waals surface area contributed by atoms with Gasteiger partial charge in [-0.3, -0.25) is 0 Å². The summed E-state index contributed by atoms with van der Waals surface area (Å²) in [5.74, 6) is -0.747. The van der Waals surface area contributed by atoms with E-state index in [2.05, 4.69) is 39.8 Å². The zero-order valence-corrected chi connectivity index (χ0v) is 24.9. The lowest BCUT2D eigenvalue weighted by molar-refractivity contribution is -0.514. The van der Waals surface area contributed by atoms with Crippen molar-refractivity contribution in [3.05, 3.63) is 65.7 Å². The maximum absolute atomic E-state index is 14.1. The van der Waals surface area contributed by atoms with Crippen LogP contribution in [0.3, 0.4) is 0 Å². The highest BCUT2D eigenvalue weighted by molar-refractivity contribution is 7.99. The Labute approximate surface area is 250 Å². The van der Waals surface area contributed by atoms with Gasteiger partial charge in [0, 0.05) is 33.6 Å². The molecule has 0 aliphatic heterocycles. The molecule has 0 fully saturated rings. The van der Waals surface area contributed by atoms with Crippen molar-refractivity contribution in [2.75, 3.05) is 12.4 Å². The number of furan rings is 1. The maximum Gasteiger partial charge on any atom is 0.494 e. The lowest BCUT2D eigenvalue weighted by atomic mass is 10.00. The standard InChI is InChI=1S/C31H34F6O5S/c1-5-6-7-8-22-9-12-25(21(4)17-22)27-18-23-10-11-24(19-26(23)40-27)43-16-14-30(34,35)42-31(36,37)41-29(32,33)13-15-39-28(38)20(2)3/h9-12,17-19H,2,5-8,13-16H2,1,3-4H3. The van der Waals surface area contributed by atoms with Gasteiger partial charge in [-0.25, -0.2) is 14.3 Å². The first kappa shape index (κ1) is 34.5. The Balaban J connectivity index is 1.54. The van der Waals surface area contributed by atoms with E-state index in [0.717, 1.165) is 47.5 Å². The molecule has 0 saturated heterocycles. The van der Waals surface area contributed by atoms with E-state index in [0.29, 0.717) is 16.2 Å². The molecule has 0 spiro atoms. The second-order valence-electron chi connectivity index (χ2n) is 10.1. The summed E-state index contributed by atoms with van der Waals surface area (Å²) in [6.07, 6.45) is -12.7. The van der Waals surface area contributed by atoms with Gasteiger partial charge in [0.2, 0.25) is 0 Å². The average Bonchev–Trinajstić information content (AvgIpc) is 3.30. The number of rotatable bonds is 17. The fraction of sp³-hybridized carbons (Fsp3) is 0.452. The number of carbonyl (C=O) groups is 1. The number of ether oxygens (including phenoxy) is 3. The lowest BCUT2D eigenvalue weighted by Crippen LogP contribution is -2.41. The van der Waals surface area contributed by atoms with E-state index >= 15 is 0 Å². The molecule has 3 rings (SSSR count). The summed E-state index contributed by atoms with van der Waals surface area (Å²) >= 11 is 0.927. The average molecular weight is 633 g/mol. The van der Waals surface area contributed by atoms with Gasteiger partial charge in [0.05, 0.1) is 13.0 Å². The molecule has 3 aromatic rings. The van der Waals surface area contributed by atoms with Crippen molar-refractivity contribution >= 4 is 28.7 Å². The molecule has 1 heterocycles. The van der Waals surface area contributed by atoms with E-state index < -0.39 is 43.9 Å². The van der Waals surface area contributed by atoms with Gasteiger partial charge in [0.25, 0.3) is 0 Å². The number of aryl methyl sites for hydroxylation is 2. The van der Waals surface area contributed by atoms with Crippen molar-refractivity contribution in [3.63, 3.8) is 0 Å². The predicted molar refractivity (Wildman–Crippen MR) is 152 cm³/mol. The summed E-state index contributed by atoms with van der Waals surface area (Å²) in [7, 11) is 0. The van der Waals surface area contributed by atoms with Crippen LogP contribution in [0.2, 0.25) is 0 Å². The Hall–Kier alpha value is -2.96. The van der Waals surface area contributed by atoms with Crippen LogP contribution in [0.5, 0.6) is 0 Å². The van der Waals surface area contributed by atoms with E-state index in [1.54, 1.807) is 18.2 Å². The molecule has 2 aromatic carbocycles. The molecule has 0 atom stereocenters. The fourth-order valence-electron chi connectivity index (χ4n) is 4.11. The SMILES string of the molecule is C=C(C)C(=O)OCCC(F)(F)OC(F)(F)OC(F)(F)CCSc1ccc2cc(-c3ccc(CCCCC)cc3C)oc2c1. The van der Waals surface area contributed by atoms with Crippen molar-refractivity contribution in [3.8, 4) is 11.3 Å². The molecule has 0 amide bonds. The summed E-state index contributed by atoms with van der Waals surface area (Å²) in [6.45, 7) is 7.64. The van der Waals surface area contributed by atoms with Crippen molar-refractivity contribution in [2.24, 2.45) is 0 Å². The second kappa shape index (κ2) is 14.7. The van der Waals surface area contributed by atoms with Gasteiger partial charge >= 0.3 is 24.5 Å². The number of esters is 1. The molecule has 5 nitrogen and oxygen atoms in total. The minimum atomic E-state index is -5.31. The van der Waals surface area contributed by atoms with E-state index in [1.165, 1.54) is 18.9 Å². The number of alkyl halides is 6. The third kappa shape index (κ3) is 10.9. The van der Waals surface area contributed by atoms with Crippen LogP contribution in [0.15, 0.2) is 63.9 Å². The lowest BCUT2D eigenvalue weighted by Gasteiger charge is -2.26. The van der Waals surface area contributed by atoms with E-state index in [9.17, 15) is 31.1 Å². The van der Waals surface area contributed by atoms with Crippen LogP contribution >= 0.6 is 11.8 Å². The van der Waals surface area contributed by atoms with Gasteiger partial charge < -0.3 is 9.15 Å². The highest BCUT2D eigenvalue weighted by Gasteiger charge is 2.51. The largest absolute Gasteiger partial charge is 0.494 e. The quantitative estimate of drug-likeness (QED) is 0.0369. The Kier molecular flexibility index (Phi) is 11.8. The molecular weight excluding hydrogens is 598 g/mol. The van der Waals surface area contributed by atoms with Crippen molar-refractivity contribution in [1.82, 2.24) is 0 Å². The first-order valence-corrected chi connectivity index (χ1v) is 14.7. The van der Waals surface area contributed by atoms with Crippen LogP contribution in [0.25, 0.3) is 22.3 Å². The van der Waals surface area contributed by atoms with Crippen LogP contribution in [0, 0.1) is 6.92 Å². The predicted octanol–water partition coefficient (Wildman–Crippen LogP) is 9.90. The molecule has 1 aromatic heterocycles.